The van der Waals surface area contributed by atoms with Crippen LogP contribution in [0.5, 0.6) is 0 Å². The van der Waals surface area contributed by atoms with E-state index < -0.39 is 0 Å². The van der Waals surface area contributed by atoms with E-state index in [1.54, 1.807) is 0 Å². The Morgan fingerprint density at radius 3 is 0.500 bits per heavy atom. The summed E-state index contributed by atoms with van der Waals surface area (Å²) in [7, 11) is 0. The van der Waals surface area contributed by atoms with Crippen molar-refractivity contribution in [3.8, 4) is 0 Å². The number of hydrogen-bond acceptors (Lipinski definition) is 1. The number of unbranched alkanes of at least 4 members (excludes halogenated alkanes) is 38. The molecule has 1 nitrogen and oxygen atoms in total. The lowest BCUT2D eigenvalue weighted by molar-refractivity contribution is 0.260. The van der Waals surface area contributed by atoms with Crippen molar-refractivity contribution in [1.82, 2.24) is 4.90 Å². The van der Waals surface area contributed by atoms with Gasteiger partial charge in [-0.2, -0.15) is 0 Å². The minimum absolute atomic E-state index is 1.32. The first-order valence-corrected chi connectivity index (χ1v) is 23.6. The molecule has 0 saturated carbocycles. The average Bonchev–Trinajstić information content (AvgIpc) is 3.09. The van der Waals surface area contributed by atoms with E-state index in [1.165, 1.54) is 283 Å². The second-order valence-corrected chi connectivity index (χ2v) is 16.3. The molecular formula is C47H97N. The maximum Gasteiger partial charge on any atom is -0.00187 e. The van der Waals surface area contributed by atoms with Gasteiger partial charge in [0.2, 0.25) is 0 Å². The van der Waals surface area contributed by atoms with Gasteiger partial charge in [0.05, 0.1) is 0 Å². The summed E-state index contributed by atoms with van der Waals surface area (Å²) in [5.41, 5.74) is 0. The van der Waals surface area contributed by atoms with Gasteiger partial charge in [0, 0.05) is 0 Å². The molecule has 0 rings (SSSR count). The van der Waals surface area contributed by atoms with Crippen LogP contribution in [0.2, 0.25) is 0 Å². The summed E-state index contributed by atoms with van der Waals surface area (Å²) in [6, 6.07) is 0. The summed E-state index contributed by atoms with van der Waals surface area (Å²) in [5.74, 6) is 0. The standard InChI is InChI=1S/C47H97N/c1-4-7-9-11-13-15-17-19-21-23-25-27-29-31-33-35-37-39-41-43-46-48(45-6-3)47-44-42-40-38-36-34-32-30-28-26-24-22-20-18-16-14-12-10-8-5-2/h4-47H2,1-3H3. The van der Waals surface area contributed by atoms with Crippen molar-refractivity contribution in [3.05, 3.63) is 0 Å². The molecule has 0 radical (unpaired) electrons. The molecular weight excluding hydrogens is 579 g/mol. The zero-order valence-corrected chi connectivity index (χ0v) is 34.6. The molecule has 0 aromatic carbocycles. The summed E-state index contributed by atoms with van der Waals surface area (Å²) in [6.07, 6.45) is 60.2. The predicted octanol–water partition coefficient (Wildman–Crippen LogP) is 17.3. The molecule has 0 aliphatic rings. The molecule has 0 aliphatic carbocycles. The lowest BCUT2D eigenvalue weighted by Crippen LogP contribution is -2.27. The Balaban J connectivity index is 3.32. The molecule has 0 saturated heterocycles. The molecule has 0 heterocycles. The Bertz CT molecular complexity index is 485. The molecule has 0 aromatic heterocycles. The van der Waals surface area contributed by atoms with E-state index in [-0.39, 0.29) is 0 Å². The van der Waals surface area contributed by atoms with Crippen molar-refractivity contribution in [2.24, 2.45) is 0 Å². The van der Waals surface area contributed by atoms with Crippen LogP contribution in [0.15, 0.2) is 0 Å². The molecule has 1 heteroatoms. The first kappa shape index (κ1) is 48.0. The number of hydrogen-bond donors (Lipinski definition) is 0. The third kappa shape index (κ3) is 42.1. The Hall–Kier alpha value is -0.0400. The third-order valence-electron chi connectivity index (χ3n) is 11.2. The minimum Gasteiger partial charge on any atom is -0.303 e. The van der Waals surface area contributed by atoms with Gasteiger partial charge in [0.15, 0.2) is 0 Å². The summed E-state index contributed by atoms with van der Waals surface area (Å²) in [5, 5.41) is 0. The molecule has 0 unspecified atom stereocenters. The third-order valence-corrected chi connectivity index (χ3v) is 11.2. The van der Waals surface area contributed by atoms with Crippen LogP contribution in [0.25, 0.3) is 0 Å². The molecule has 0 spiro atoms. The van der Waals surface area contributed by atoms with Crippen molar-refractivity contribution >= 4 is 0 Å². The van der Waals surface area contributed by atoms with Crippen LogP contribution in [0, 0.1) is 0 Å². The molecule has 0 aliphatic heterocycles. The van der Waals surface area contributed by atoms with Crippen molar-refractivity contribution in [1.29, 1.82) is 0 Å². The molecule has 0 bridgehead atoms. The van der Waals surface area contributed by atoms with Gasteiger partial charge in [-0.05, 0) is 38.9 Å². The highest BCUT2D eigenvalue weighted by Crippen LogP contribution is 2.17. The first-order valence-electron chi connectivity index (χ1n) is 23.6. The molecule has 0 atom stereocenters. The van der Waals surface area contributed by atoms with Crippen molar-refractivity contribution in [3.63, 3.8) is 0 Å². The number of nitrogens with zero attached hydrogens (tertiary/aromatic N) is 1. The van der Waals surface area contributed by atoms with Gasteiger partial charge < -0.3 is 4.90 Å². The Kier molecular flexibility index (Phi) is 44.9. The molecule has 0 amide bonds. The van der Waals surface area contributed by atoms with E-state index in [4.69, 9.17) is 0 Å². The van der Waals surface area contributed by atoms with Crippen LogP contribution < -0.4 is 0 Å². The lowest BCUT2D eigenvalue weighted by Gasteiger charge is -2.21. The van der Waals surface area contributed by atoms with Gasteiger partial charge in [-0.3, -0.25) is 0 Å². The predicted molar refractivity (Wildman–Crippen MR) is 223 cm³/mol. The van der Waals surface area contributed by atoms with Crippen LogP contribution in [0.4, 0.5) is 0 Å². The fourth-order valence-corrected chi connectivity index (χ4v) is 7.83. The second-order valence-electron chi connectivity index (χ2n) is 16.3. The Morgan fingerprint density at radius 2 is 0.333 bits per heavy atom. The first-order chi connectivity index (χ1) is 23.8. The highest BCUT2D eigenvalue weighted by Gasteiger charge is 2.04. The monoisotopic (exact) mass is 676 g/mol. The van der Waals surface area contributed by atoms with Gasteiger partial charge in [-0.1, -0.05) is 265 Å². The van der Waals surface area contributed by atoms with Gasteiger partial charge in [-0.25, -0.2) is 0 Å². The Morgan fingerprint density at radius 1 is 0.167 bits per heavy atom. The van der Waals surface area contributed by atoms with E-state index in [0.717, 1.165) is 0 Å². The fraction of sp³-hybridized carbons (Fsp3) is 1.00. The SMILES string of the molecule is CCCCCCCCCCCCCCCCCCCCCCN(CCC)CCCCCCCCCCCCCCCCCCCCCC. The second kappa shape index (κ2) is 45.0. The summed E-state index contributed by atoms with van der Waals surface area (Å²) < 4.78 is 0. The van der Waals surface area contributed by atoms with Gasteiger partial charge in [0.1, 0.15) is 0 Å². The number of rotatable bonds is 44. The molecule has 0 fully saturated rings. The van der Waals surface area contributed by atoms with E-state index in [0.29, 0.717) is 0 Å². The highest BCUT2D eigenvalue weighted by molar-refractivity contribution is 4.59. The summed E-state index contributed by atoms with van der Waals surface area (Å²) >= 11 is 0. The van der Waals surface area contributed by atoms with Crippen LogP contribution in [0.1, 0.15) is 284 Å². The molecule has 0 aromatic rings. The zero-order chi connectivity index (χ0) is 34.7. The molecule has 48 heavy (non-hydrogen) atoms. The van der Waals surface area contributed by atoms with Crippen molar-refractivity contribution < 1.29 is 0 Å². The van der Waals surface area contributed by atoms with Crippen molar-refractivity contribution in [2.45, 2.75) is 284 Å². The molecule has 0 N–H and O–H groups in total. The smallest absolute Gasteiger partial charge is 0.00187 e. The van der Waals surface area contributed by atoms with Crippen LogP contribution in [0.3, 0.4) is 0 Å². The summed E-state index contributed by atoms with van der Waals surface area (Å²) in [4.78, 5) is 2.78. The normalized spacial score (nSPS) is 11.8. The highest BCUT2D eigenvalue weighted by atomic mass is 15.1. The molecule has 290 valence electrons. The summed E-state index contributed by atoms with van der Waals surface area (Å²) in [6.45, 7) is 11.0. The van der Waals surface area contributed by atoms with E-state index in [9.17, 15) is 0 Å². The topological polar surface area (TPSA) is 3.24 Å². The largest absolute Gasteiger partial charge is 0.303 e. The van der Waals surface area contributed by atoms with E-state index in [1.807, 2.05) is 0 Å². The maximum atomic E-state index is 2.78. The zero-order valence-electron chi connectivity index (χ0n) is 34.6. The van der Waals surface area contributed by atoms with Crippen LogP contribution >= 0.6 is 0 Å². The van der Waals surface area contributed by atoms with E-state index in [2.05, 4.69) is 25.7 Å². The van der Waals surface area contributed by atoms with Gasteiger partial charge in [-0.15, -0.1) is 0 Å². The lowest BCUT2D eigenvalue weighted by atomic mass is 10.0. The van der Waals surface area contributed by atoms with Crippen LogP contribution in [-0.2, 0) is 0 Å². The minimum atomic E-state index is 1.32. The Labute approximate surface area is 307 Å². The quantitative estimate of drug-likeness (QED) is 0.0581. The maximum absolute atomic E-state index is 2.78. The average molecular weight is 676 g/mol. The van der Waals surface area contributed by atoms with Crippen LogP contribution in [-0.4, -0.2) is 24.5 Å². The van der Waals surface area contributed by atoms with E-state index >= 15 is 0 Å². The van der Waals surface area contributed by atoms with Gasteiger partial charge >= 0.3 is 0 Å². The van der Waals surface area contributed by atoms with Crippen molar-refractivity contribution in [2.75, 3.05) is 19.6 Å². The fourth-order valence-electron chi connectivity index (χ4n) is 7.83. The van der Waals surface area contributed by atoms with Gasteiger partial charge in [0.25, 0.3) is 0 Å².